The van der Waals surface area contributed by atoms with E-state index < -0.39 is 0 Å². The number of hydrogen-bond acceptors (Lipinski definition) is 2. The van der Waals surface area contributed by atoms with E-state index in [1.165, 1.54) is 98.2 Å². The minimum atomic E-state index is 0.882. The molecule has 12 aromatic rings. The fourth-order valence-electron chi connectivity index (χ4n) is 10.5. The summed E-state index contributed by atoms with van der Waals surface area (Å²) in [5.41, 5.74) is 13.5. The lowest BCUT2D eigenvalue weighted by molar-refractivity contribution is 0.568. The Bertz CT molecular complexity index is 3770. The molecule has 0 amide bonds. The molecule has 2 aromatic heterocycles. The first-order chi connectivity index (χ1) is 29.8. The van der Waals surface area contributed by atoms with E-state index in [4.69, 9.17) is 8.83 Å². The number of fused-ring (bicyclic) bond motifs is 10. The van der Waals surface area contributed by atoms with Gasteiger partial charge >= 0.3 is 0 Å². The number of rotatable bonds is 4. The molecule has 0 N–H and O–H groups in total. The van der Waals surface area contributed by atoms with E-state index >= 15 is 0 Å². The lowest BCUT2D eigenvalue weighted by Gasteiger charge is -2.20. The van der Waals surface area contributed by atoms with Crippen LogP contribution in [0, 0.1) is 0 Å². The van der Waals surface area contributed by atoms with E-state index in [9.17, 15) is 0 Å². The van der Waals surface area contributed by atoms with E-state index in [1.807, 2.05) is 0 Å². The smallest absolute Gasteiger partial charge is 0.138 e. The largest absolute Gasteiger partial charge is 0.456 e. The zero-order valence-electron chi connectivity index (χ0n) is 32.7. The zero-order valence-corrected chi connectivity index (χ0v) is 32.7. The fraction of sp³-hybridized carbons (Fsp3) is 0.0345. The van der Waals surface area contributed by atoms with E-state index in [0.29, 0.717) is 0 Å². The van der Waals surface area contributed by atoms with Crippen molar-refractivity contribution in [3.8, 4) is 33.4 Å². The molecule has 0 saturated heterocycles. The van der Waals surface area contributed by atoms with Gasteiger partial charge in [-0.15, -0.1) is 0 Å². The van der Waals surface area contributed by atoms with Gasteiger partial charge in [0.05, 0.1) is 0 Å². The fourth-order valence-corrected chi connectivity index (χ4v) is 10.5. The molecule has 0 aliphatic heterocycles. The van der Waals surface area contributed by atoms with Gasteiger partial charge in [-0.25, -0.2) is 0 Å². The number of para-hydroxylation sites is 1. The summed E-state index contributed by atoms with van der Waals surface area (Å²) in [6.45, 7) is 0. The van der Waals surface area contributed by atoms with Gasteiger partial charge in [-0.1, -0.05) is 170 Å². The molecule has 1 aliphatic rings. The maximum Gasteiger partial charge on any atom is 0.138 e. The number of hydrogen-bond donors (Lipinski definition) is 0. The molecular weight excluding hydrogens is 729 g/mol. The van der Waals surface area contributed by atoms with E-state index in [2.05, 4.69) is 194 Å². The van der Waals surface area contributed by atoms with E-state index in [-0.39, 0.29) is 0 Å². The van der Waals surface area contributed by atoms with Gasteiger partial charge in [-0.05, 0) is 119 Å². The molecule has 1 aliphatic carbocycles. The Hall–Kier alpha value is -7.68. The van der Waals surface area contributed by atoms with Gasteiger partial charge in [0, 0.05) is 27.0 Å². The quantitative estimate of drug-likeness (QED) is 0.167. The maximum absolute atomic E-state index is 6.75. The first kappa shape index (κ1) is 33.3. The Morgan fingerprint density at radius 1 is 0.333 bits per heavy atom. The van der Waals surface area contributed by atoms with E-state index in [0.717, 1.165) is 45.8 Å². The van der Waals surface area contributed by atoms with Gasteiger partial charge in [0.1, 0.15) is 22.2 Å². The second kappa shape index (κ2) is 12.9. The standard InChI is InChI=1S/C58H36O2/c1-2-16-35(17-3-1)53-38-19-4-6-21-40(38)54(41-22-7-5-20-39(41)53)36-32-33-51-49(34-36)57-47(28-15-31-52(57)59-51)55-42-23-8-10-25-44(42)56(45-26-11-9-24-43(45)55)48-29-14-27-46-37-18-12-13-30-50(37)60-58(46)48/h1-13,15-28,30-34H,14,29H2. The Labute approximate surface area is 345 Å². The molecule has 10 aromatic carbocycles. The molecule has 0 radical (unpaired) electrons. The van der Waals surface area contributed by atoms with Crippen molar-refractivity contribution in [1.29, 1.82) is 0 Å². The van der Waals surface area contributed by atoms with Crippen LogP contribution in [0.4, 0.5) is 0 Å². The summed E-state index contributed by atoms with van der Waals surface area (Å²) in [4.78, 5) is 0. The van der Waals surface area contributed by atoms with Crippen LogP contribution >= 0.6 is 0 Å². The Balaban J connectivity index is 1.10. The molecule has 13 rings (SSSR count). The zero-order chi connectivity index (χ0) is 39.3. The van der Waals surface area contributed by atoms with Gasteiger partial charge in [0.2, 0.25) is 0 Å². The highest BCUT2D eigenvalue weighted by molar-refractivity contribution is 6.26. The van der Waals surface area contributed by atoms with Crippen LogP contribution in [0.2, 0.25) is 0 Å². The predicted octanol–water partition coefficient (Wildman–Crippen LogP) is 14.7. The van der Waals surface area contributed by atoms with Crippen molar-refractivity contribution in [3.05, 3.63) is 204 Å². The third-order valence-corrected chi connectivity index (χ3v) is 12.9. The summed E-state index contributed by atoms with van der Waals surface area (Å²) in [6.07, 6.45) is 4.24. The molecule has 0 fully saturated rings. The van der Waals surface area contributed by atoms with Crippen LogP contribution in [0.3, 0.4) is 0 Å². The van der Waals surface area contributed by atoms with Crippen molar-refractivity contribution < 1.29 is 8.83 Å². The van der Waals surface area contributed by atoms with Crippen molar-refractivity contribution in [1.82, 2.24) is 0 Å². The Kier molecular flexibility index (Phi) is 7.17. The van der Waals surface area contributed by atoms with Crippen LogP contribution in [0.1, 0.15) is 18.4 Å². The summed E-state index contributed by atoms with van der Waals surface area (Å²) >= 11 is 0. The summed E-state index contributed by atoms with van der Waals surface area (Å²) in [5.74, 6) is 0. The van der Waals surface area contributed by atoms with Gasteiger partial charge < -0.3 is 8.83 Å². The molecule has 2 heterocycles. The van der Waals surface area contributed by atoms with Crippen LogP contribution in [0.5, 0.6) is 0 Å². The lowest BCUT2D eigenvalue weighted by Crippen LogP contribution is -2.26. The molecule has 0 bridgehead atoms. The first-order valence-corrected chi connectivity index (χ1v) is 20.9. The van der Waals surface area contributed by atoms with Gasteiger partial charge in [0.15, 0.2) is 0 Å². The molecular formula is C58H36O2. The minimum absolute atomic E-state index is 0.882. The second-order valence-electron chi connectivity index (χ2n) is 16.1. The molecule has 2 nitrogen and oxygen atoms in total. The van der Waals surface area contributed by atoms with Crippen LogP contribution in [-0.4, -0.2) is 0 Å². The van der Waals surface area contributed by atoms with Crippen molar-refractivity contribution in [3.63, 3.8) is 0 Å². The van der Waals surface area contributed by atoms with Crippen molar-refractivity contribution >= 4 is 87.6 Å². The average molecular weight is 765 g/mol. The van der Waals surface area contributed by atoms with Crippen molar-refractivity contribution in [2.24, 2.45) is 0 Å². The van der Waals surface area contributed by atoms with Gasteiger partial charge in [0.25, 0.3) is 0 Å². The summed E-state index contributed by atoms with van der Waals surface area (Å²) in [5, 5.41) is 14.5. The molecule has 0 unspecified atom stereocenters. The highest BCUT2D eigenvalue weighted by Gasteiger charge is 2.24. The van der Waals surface area contributed by atoms with Gasteiger partial charge in [-0.2, -0.15) is 0 Å². The predicted molar refractivity (Wildman–Crippen MR) is 252 cm³/mol. The minimum Gasteiger partial charge on any atom is -0.456 e. The normalized spacial score (nSPS) is 13.0. The van der Waals surface area contributed by atoms with Crippen molar-refractivity contribution in [2.75, 3.05) is 0 Å². The molecule has 280 valence electrons. The third-order valence-electron chi connectivity index (χ3n) is 12.9. The van der Waals surface area contributed by atoms with Gasteiger partial charge in [-0.3, -0.25) is 0 Å². The highest BCUT2D eigenvalue weighted by atomic mass is 16.3. The van der Waals surface area contributed by atoms with Crippen LogP contribution < -0.4 is 10.6 Å². The second-order valence-corrected chi connectivity index (χ2v) is 16.1. The Morgan fingerprint density at radius 3 is 1.47 bits per heavy atom. The number of furan rings is 2. The van der Waals surface area contributed by atoms with Crippen molar-refractivity contribution in [2.45, 2.75) is 12.8 Å². The first-order valence-electron chi connectivity index (χ1n) is 20.9. The van der Waals surface area contributed by atoms with Crippen LogP contribution in [0.25, 0.3) is 121 Å². The van der Waals surface area contributed by atoms with E-state index in [1.54, 1.807) is 0 Å². The lowest BCUT2D eigenvalue weighted by atomic mass is 9.83. The Morgan fingerprint density at radius 2 is 0.833 bits per heavy atom. The highest BCUT2D eigenvalue weighted by Crippen LogP contribution is 2.48. The third kappa shape index (κ3) is 4.76. The molecule has 2 heteroatoms. The summed E-state index contributed by atoms with van der Waals surface area (Å²) < 4.78 is 13.5. The topological polar surface area (TPSA) is 26.3 Å². The summed E-state index contributed by atoms with van der Waals surface area (Å²) in [7, 11) is 0. The SMILES string of the molecule is C1=c2c(oc3ccccc23)=C(c2c3ccccc3c(-c3cccc4oc5ccc(-c6c7ccccc7c(-c7ccccc7)c7ccccc67)cc5c34)c3ccccc23)CC1. The molecule has 0 atom stereocenters. The molecule has 0 spiro atoms. The van der Waals surface area contributed by atoms with Crippen LogP contribution in [-0.2, 0) is 0 Å². The monoisotopic (exact) mass is 764 g/mol. The maximum atomic E-state index is 6.75. The summed E-state index contributed by atoms with van der Waals surface area (Å²) in [6, 6.07) is 68.3. The number of benzene rings is 10. The average Bonchev–Trinajstić information content (AvgIpc) is 3.89. The molecule has 60 heavy (non-hydrogen) atoms. The van der Waals surface area contributed by atoms with Crippen LogP contribution in [0.15, 0.2) is 197 Å². The molecule has 0 saturated carbocycles.